The van der Waals surface area contributed by atoms with Crippen LogP contribution in [0.2, 0.25) is 0 Å². The molecule has 22 heavy (non-hydrogen) atoms. The Morgan fingerprint density at radius 3 is 2.55 bits per heavy atom. The van der Waals surface area contributed by atoms with E-state index in [4.69, 9.17) is 4.74 Å². The van der Waals surface area contributed by atoms with Gasteiger partial charge in [-0.3, -0.25) is 9.69 Å². The Labute approximate surface area is 130 Å². The van der Waals surface area contributed by atoms with E-state index in [9.17, 15) is 9.59 Å². The fourth-order valence-corrected chi connectivity index (χ4v) is 2.57. The van der Waals surface area contributed by atoms with Crippen molar-refractivity contribution in [3.05, 3.63) is 23.8 Å². The Balaban J connectivity index is 1.99. The molecule has 1 aromatic rings. The van der Waals surface area contributed by atoms with E-state index in [0.717, 1.165) is 25.9 Å². The first-order chi connectivity index (χ1) is 10.6. The quantitative estimate of drug-likeness (QED) is 0.842. The van der Waals surface area contributed by atoms with Crippen LogP contribution in [0.15, 0.2) is 18.2 Å². The molecule has 1 aromatic carbocycles. The zero-order valence-electron chi connectivity index (χ0n) is 13.1. The molecule has 1 saturated heterocycles. The zero-order chi connectivity index (χ0) is 15.9. The predicted molar refractivity (Wildman–Crippen MR) is 83.3 cm³/mol. The van der Waals surface area contributed by atoms with Crippen LogP contribution in [0.5, 0.6) is 5.75 Å². The maximum absolute atomic E-state index is 12.1. The zero-order valence-corrected chi connectivity index (χ0v) is 13.1. The number of nitrogens with zero attached hydrogens (tertiary/aromatic N) is 1. The molecular formula is C16H22N2O4. The van der Waals surface area contributed by atoms with Gasteiger partial charge >= 0.3 is 5.97 Å². The number of amides is 1. The van der Waals surface area contributed by atoms with Gasteiger partial charge in [0, 0.05) is 11.8 Å². The molecule has 1 aliphatic rings. The lowest BCUT2D eigenvalue weighted by atomic mass is 10.1. The largest absolute Gasteiger partial charge is 0.496 e. The second-order valence-corrected chi connectivity index (χ2v) is 5.29. The summed E-state index contributed by atoms with van der Waals surface area (Å²) in [7, 11) is 2.79. The number of anilines is 1. The topological polar surface area (TPSA) is 67.9 Å². The van der Waals surface area contributed by atoms with Gasteiger partial charge in [-0.05, 0) is 38.1 Å². The summed E-state index contributed by atoms with van der Waals surface area (Å²) in [5.41, 5.74) is 0.936. The van der Waals surface area contributed by atoms with Crippen molar-refractivity contribution in [1.82, 2.24) is 4.90 Å². The average Bonchev–Trinajstić information content (AvgIpc) is 2.54. The van der Waals surface area contributed by atoms with Crippen LogP contribution in [0.1, 0.15) is 29.6 Å². The number of rotatable bonds is 5. The third kappa shape index (κ3) is 4.21. The molecule has 6 heteroatoms. The van der Waals surface area contributed by atoms with Crippen LogP contribution >= 0.6 is 0 Å². The average molecular weight is 306 g/mol. The minimum absolute atomic E-state index is 0.0604. The van der Waals surface area contributed by atoms with Crippen molar-refractivity contribution in [2.75, 3.05) is 39.2 Å². The molecule has 0 saturated carbocycles. The number of methoxy groups -OCH3 is 2. The first kappa shape index (κ1) is 16.3. The van der Waals surface area contributed by atoms with Crippen molar-refractivity contribution in [2.45, 2.75) is 19.3 Å². The van der Waals surface area contributed by atoms with Gasteiger partial charge in [-0.15, -0.1) is 0 Å². The lowest BCUT2D eigenvalue weighted by Crippen LogP contribution is -2.36. The molecule has 0 spiro atoms. The summed E-state index contributed by atoms with van der Waals surface area (Å²) in [6.07, 6.45) is 3.54. The van der Waals surface area contributed by atoms with Crippen molar-refractivity contribution >= 4 is 17.6 Å². The number of carbonyl (C=O) groups excluding carboxylic acids is 2. The fourth-order valence-electron chi connectivity index (χ4n) is 2.57. The SMILES string of the molecule is COC(=O)c1ccc(NC(=O)CN2CCCCC2)cc1OC. The molecular weight excluding hydrogens is 284 g/mol. The number of esters is 1. The highest BCUT2D eigenvalue weighted by Crippen LogP contribution is 2.24. The van der Waals surface area contributed by atoms with Crippen LogP contribution in [0.25, 0.3) is 0 Å². The molecule has 0 unspecified atom stereocenters. The van der Waals surface area contributed by atoms with E-state index in [1.165, 1.54) is 20.6 Å². The molecule has 1 amide bonds. The number of piperidine rings is 1. The van der Waals surface area contributed by atoms with Gasteiger partial charge < -0.3 is 14.8 Å². The van der Waals surface area contributed by atoms with Crippen molar-refractivity contribution in [2.24, 2.45) is 0 Å². The summed E-state index contributed by atoms with van der Waals surface area (Å²) in [4.78, 5) is 25.8. The molecule has 1 heterocycles. The van der Waals surface area contributed by atoms with Crippen LogP contribution in [-0.4, -0.2) is 50.6 Å². The second-order valence-electron chi connectivity index (χ2n) is 5.29. The van der Waals surface area contributed by atoms with Gasteiger partial charge in [0.05, 0.1) is 20.8 Å². The number of benzene rings is 1. The van der Waals surface area contributed by atoms with E-state index in [2.05, 4.69) is 15.0 Å². The first-order valence-corrected chi connectivity index (χ1v) is 7.42. The van der Waals surface area contributed by atoms with Crippen molar-refractivity contribution in [3.8, 4) is 5.75 Å². The third-order valence-corrected chi connectivity index (χ3v) is 3.71. The molecule has 0 radical (unpaired) electrons. The van der Waals surface area contributed by atoms with Crippen LogP contribution in [0, 0.1) is 0 Å². The van der Waals surface area contributed by atoms with Crippen molar-refractivity contribution < 1.29 is 19.1 Å². The van der Waals surface area contributed by atoms with E-state index in [0.29, 0.717) is 23.5 Å². The van der Waals surface area contributed by atoms with E-state index in [1.54, 1.807) is 18.2 Å². The maximum atomic E-state index is 12.1. The van der Waals surface area contributed by atoms with Crippen molar-refractivity contribution in [1.29, 1.82) is 0 Å². The molecule has 1 fully saturated rings. The molecule has 6 nitrogen and oxygen atoms in total. The summed E-state index contributed by atoms with van der Waals surface area (Å²) in [6.45, 7) is 2.33. The van der Waals surface area contributed by atoms with E-state index >= 15 is 0 Å². The molecule has 0 aliphatic carbocycles. The summed E-state index contributed by atoms with van der Waals surface area (Å²) in [5, 5.41) is 2.84. The summed E-state index contributed by atoms with van der Waals surface area (Å²) in [5.74, 6) is -0.152. The molecule has 0 bridgehead atoms. The van der Waals surface area contributed by atoms with E-state index in [-0.39, 0.29) is 5.91 Å². The molecule has 120 valence electrons. The van der Waals surface area contributed by atoms with Gasteiger partial charge in [0.1, 0.15) is 11.3 Å². The number of hydrogen-bond donors (Lipinski definition) is 1. The Morgan fingerprint density at radius 2 is 1.91 bits per heavy atom. The predicted octanol–water partition coefficient (Wildman–Crippen LogP) is 1.91. The molecule has 0 aromatic heterocycles. The lowest BCUT2D eigenvalue weighted by Gasteiger charge is -2.25. The summed E-state index contributed by atoms with van der Waals surface area (Å²) < 4.78 is 9.87. The monoisotopic (exact) mass is 306 g/mol. The molecule has 1 N–H and O–H groups in total. The third-order valence-electron chi connectivity index (χ3n) is 3.71. The Kier molecular flexibility index (Phi) is 5.77. The molecule has 1 aliphatic heterocycles. The highest BCUT2D eigenvalue weighted by Gasteiger charge is 2.16. The fraction of sp³-hybridized carbons (Fsp3) is 0.500. The minimum Gasteiger partial charge on any atom is -0.496 e. The molecule has 2 rings (SSSR count). The van der Waals surface area contributed by atoms with E-state index in [1.807, 2.05) is 0 Å². The number of hydrogen-bond acceptors (Lipinski definition) is 5. The Bertz CT molecular complexity index is 539. The van der Waals surface area contributed by atoms with Gasteiger partial charge in [0.2, 0.25) is 5.91 Å². The van der Waals surface area contributed by atoms with Crippen LogP contribution < -0.4 is 10.1 Å². The van der Waals surface area contributed by atoms with Crippen LogP contribution in [0.3, 0.4) is 0 Å². The number of ether oxygens (including phenoxy) is 2. The normalized spacial score (nSPS) is 15.2. The lowest BCUT2D eigenvalue weighted by molar-refractivity contribution is -0.117. The minimum atomic E-state index is -0.469. The maximum Gasteiger partial charge on any atom is 0.341 e. The van der Waals surface area contributed by atoms with Crippen LogP contribution in [-0.2, 0) is 9.53 Å². The van der Waals surface area contributed by atoms with Gasteiger partial charge in [-0.2, -0.15) is 0 Å². The number of likely N-dealkylation sites (tertiary alicyclic amines) is 1. The standard InChI is InChI=1S/C16H22N2O4/c1-21-14-10-12(6-7-13(14)16(20)22-2)17-15(19)11-18-8-4-3-5-9-18/h6-7,10H,3-5,8-9,11H2,1-2H3,(H,17,19). The van der Waals surface area contributed by atoms with Gasteiger partial charge in [-0.25, -0.2) is 4.79 Å². The van der Waals surface area contributed by atoms with Gasteiger partial charge in [0.25, 0.3) is 0 Å². The summed E-state index contributed by atoms with van der Waals surface area (Å²) >= 11 is 0. The van der Waals surface area contributed by atoms with Gasteiger partial charge in [0.15, 0.2) is 0 Å². The summed E-state index contributed by atoms with van der Waals surface area (Å²) in [6, 6.07) is 4.88. The second kappa shape index (κ2) is 7.79. The van der Waals surface area contributed by atoms with E-state index < -0.39 is 5.97 Å². The highest BCUT2D eigenvalue weighted by atomic mass is 16.5. The number of carbonyl (C=O) groups is 2. The smallest absolute Gasteiger partial charge is 0.341 e. The Morgan fingerprint density at radius 1 is 1.18 bits per heavy atom. The molecule has 0 atom stereocenters. The highest BCUT2D eigenvalue weighted by molar-refractivity contribution is 5.96. The van der Waals surface area contributed by atoms with Gasteiger partial charge in [-0.1, -0.05) is 6.42 Å². The first-order valence-electron chi connectivity index (χ1n) is 7.42. The number of nitrogens with one attached hydrogen (secondary N) is 1. The van der Waals surface area contributed by atoms with Crippen LogP contribution in [0.4, 0.5) is 5.69 Å². The van der Waals surface area contributed by atoms with Crippen molar-refractivity contribution in [3.63, 3.8) is 0 Å². The Hall–Kier alpha value is -2.08.